The Morgan fingerprint density at radius 2 is 2.09 bits per heavy atom. The Labute approximate surface area is 133 Å². The summed E-state index contributed by atoms with van der Waals surface area (Å²) in [5.74, 6) is 0.389. The first-order valence-electron chi connectivity index (χ1n) is 7.65. The van der Waals surface area contributed by atoms with Crippen molar-refractivity contribution in [2.75, 3.05) is 25.5 Å². The standard InChI is InChI=1S/C15H19N5O3/c1-16-13(21)9-10-5-7-20(8-6-10)15(22)17-11-3-2-4-12-14(11)19-23-18-12/h2-4,10H,5-9H2,1H3,(H,16,21)(H,17,22). The van der Waals surface area contributed by atoms with Gasteiger partial charge < -0.3 is 15.5 Å². The summed E-state index contributed by atoms with van der Waals surface area (Å²) in [6.07, 6.45) is 2.18. The normalized spacial score (nSPS) is 15.6. The number of nitrogens with zero attached hydrogens (tertiary/aromatic N) is 3. The summed E-state index contributed by atoms with van der Waals surface area (Å²) < 4.78 is 4.69. The zero-order valence-corrected chi connectivity index (χ0v) is 12.9. The molecule has 8 heteroatoms. The Kier molecular flexibility index (Phi) is 4.40. The first-order chi connectivity index (χ1) is 11.2. The van der Waals surface area contributed by atoms with Gasteiger partial charge in [-0.05, 0) is 41.2 Å². The third-order valence-corrected chi connectivity index (χ3v) is 4.18. The molecular weight excluding hydrogens is 298 g/mol. The average Bonchev–Trinajstić information content (AvgIpc) is 3.05. The molecule has 1 aromatic carbocycles. The second-order valence-corrected chi connectivity index (χ2v) is 5.68. The molecule has 0 spiro atoms. The molecule has 2 aromatic rings. The van der Waals surface area contributed by atoms with Gasteiger partial charge in [0, 0.05) is 26.6 Å². The van der Waals surface area contributed by atoms with Crippen molar-refractivity contribution in [3.8, 4) is 0 Å². The van der Waals surface area contributed by atoms with Crippen molar-refractivity contribution in [3.63, 3.8) is 0 Å². The second-order valence-electron chi connectivity index (χ2n) is 5.68. The lowest BCUT2D eigenvalue weighted by atomic mass is 9.93. The van der Waals surface area contributed by atoms with Gasteiger partial charge in [-0.25, -0.2) is 9.42 Å². The molecule has 3 amide bonds. The third-order valence-electron chi connectivity index (χ3n) is 4.18. The van der Waals surface area contributed by atoms with E-state index in [4.69, 9.17) is 4.63 Å². The van der Waals surface area contributed by atoms with E-state index < -0.39 is 0 Å². The molecule has 1 aliphatic rings. The van der Waals surface area contributed by atoms with Crippen LogP contribution in [0.4, 0.5) is 10.5 Å². The van der Waals surface area contributed by atoms with Gasteiger partial charge in [0.05, 0.1) is 5.69 Å². The van der Waals surface area contributed by atoms with Crippen LogP contribution in [0.1, 0.15) is 19.3 Å². The van der Waals surface area contributed by atoms with Gasteiger partial charge in [0.1, 0.15) is 5.52 Å². The molecular formula is C15H19N5O3. The van der Waals surface area contributed by atoms with E-state index in [1.807, 2.05) is 0 Å². The molecule has 1 saturated heterocycles. The van der Waals surface area contributed by atoms with Crippen LogP contribution in [-0.4, -0.2) is 47.3 Å². The third kappa shape index (κ3) is 3.41. The smallest absolute Gasteiger partial charge is 0.321 e. The van der Waals surface area contributed by atoms with Crippen LogP contribution in [0, 0.1) is 5.92 Å². The highest BCUT2D eigenvalue weighted by Gasteiger charge is 2.24. The molecule has 0 saturated carbocycles. The number of anilines is 1. The van der Waals surface area contributed by atoms with Gasteiger partial charge in [-0.2, -0.15) is 0 Å². The molecule has 1 aliphatic heterocycles. The molecule has 0 unspecified atom stereocenters. The predicted octanol–water partition coefficient (Wildman–Crippen LogP) is 1.60. The quantitative estimate of drug-likeness (QED) is 0.895. The minimum Gasteiger partial charge on any atom is -0.359 e. The highest BCUT2D eigenvalue weighted by molar-refractivity contribution is 5.98. The summed E-state index contributed by atoms with van der Waals surface area (Å²) in [5, 5.41) is 13.1. The zero-order valence-electron chi connectivity index (χ0n) is 12.9. The van der Waals surface area contributed by atoms with Crippen molar-refractivity contribution in [2.45, 2.75) is 19.3 Å². The summed E-state index contributed by atoms with van der Waals surface area (Å²) in [6, 6.07) is 5.16. The van der Waals surface area contributed by atoms with Crippen molar-refractivity contribution < 1.29 is 14.2 Å². The molecule has 1 fully saturated rings. The van der Waals surface area contributed by atoms with Crippen LogP contribution in [0.3, 0.4) is 0 Å². The highest BCUT2D eigenvalue weighted by atomic mass is 16.6. The lowest BCUT2D eigenvalue weighted by Gasteiger charge is -2.31. The molecule has 0 bridgehead atoms. The number of carbonyl (C=O) groups is 2. The van der Waals surface area contributed by atoms with E-state index in [9.17, 15) is 9.59 Å². The van der Waals surface area contributed by atoms with Crippen LogP contribution in [-0.2, 0) is 4.79 Å². The number of urea groups is 1. The number of fused-ring (bicyclic) bond motifs is 1. The van der Waals surface area contributed by atoms with Gasteiger partial charge >= 0.3 is 6.03 Å². The monoisotopic (exact) mass is 317 g/mol. The molecule has 0 aliphatic carbocycles. The molecule has 2 heterocycles. The minimum absolute atomic E-state index is 0.0538. The van der Waals surface area contributed by atoms with Crippen molar-refractivity contribution in [1.82, 2.24) is 20.5 Å². The Morgan fingerprint density at radius 1 is 1.30 bits per heavy atom. The van der Waals surface area contributed by atoms with Crippen LogP contribution < -0.4 is 10.6 Å². The van der Waals surface area contributed by atoms with Crippen molar-refractivity contribution in [2.24, 2.45) is 5.92 Å². The fraction of sp³-hybridized carbons (Fsp3) is 0.467. The van der Waals surface area contributed by atoms with Crippen LogP contribution in [0.2, 0.25) is 0 Å². The molecule has 3 rings (SSSR count). The van der Waals surface area contributed by atoms with Gasteiger partial charge in [0.15, 0.2) is 5.52 Å². The molecule has 122 valence electrons. The summed E-state index contributed by atoms with van der Waals surface area (Å²) in [4.78, 5) is 25.5. The van der Waals surface area contributed by atoms with E-state index in [2.05, 4.69) is 20.9 Å². The van der Waals surface area contributed by atoms with Gasteiger partial charge in [0.2, 0.25) is 5.91 Å². The first kappa shape index (κ1) is 15.3. The number of carbonyl (C=O) groups excluding carboxylic acids is 2. The maximum atomic E-state index is 12.4. The van der Waals surface area contributed by atoms with Crippen LogP contribution in [0.15, 0.2) is 22.8 Å². The lowest BCUT2D eigenvalue weighted by Crippen LogP contribution is -2.41. The number of amides is 3. The molecule has 8 nitrogen and oxygen atoms in total. The van der Waals surface area contributed by atoms with Crippen LogP contribution >= 0.6 is 0 Å². The number of piperidine rings is 1. The number of nitrogens with one attached hydrogen (secondary N) is 2. The highest BCUT2D eigenvalue weighted by Crippen LogP contribution is 2.23. The van der Waals surface area contributed by atoms with E-state index in [0.29, 0.717) is 42.1 Å². The Balaban J connectivity index is 1.58. The summed E-state index contributed by atoms with van der Waals surface area (Å²) in [5.41, 5.74) is 1.73. The first-order valence-corrected chi connectivity index (χ1v) is 7.65. The van der Waals surface area contributed by atoms with Gasteiger partial charge in [-0.1, -0.05) is 6.07 Å². The van der Waals surface area contributed by atoms with E-state index >= 15 is 0 Å². The fourth-order valence-corrected chi connectivity index (χ4v) is 2.81. The van der Waals surface area contributed by atoms with E-state index in [-0.39, 0.29) is 11.9 Å². The number of aromatic nitrogens is 2. The van der Waals surface area contributed by atoms with E-state index in [0.717, 1.165) is 12.8 Å². The molecule has 0 atom stereocenters. The Hall–Kier alpha value is -2.64. The molecule has 1 aromatic heterocycles. The average molecular weight is 317 g/mol. The second kappa shape index (κ2) is 6.64. The maximum Gasteiger partial charge on any atom is 0.321 e. The predicted molar refractivity (Wildman–Crippen MR) is 83.8 cm³/mol. The number of benzene rings is 1. The molecule has 23 heavy (non-hydrogen) atoms. The Bertz CT molecular complexity index is 706. The summed E-state index contributed by atoms with van der Waals surface area (Å²) >= 11 is 0. The molecule has 2 N–H and O–H groups in total. The zero-order chi connectivity index (χ0) is 16.2. The fourth-order valence-electron chi connectivity index (χ4n) is 2.81. The van der Waals surface area contributed by atoms with Crippen LogP contribution in [0.5, 0.6) is 0 Å². The van der Waals surface area contributed by atoms with E-state index in [1.165, 1.54) is 0 Å². The van der Waals surface area contributed by atoms with Crippen molar-refractivity contribution >= 4 is 28.7 Å². The topological polar surface area (TPSA) is 100 Å². The summed E-state index contributed by atoms with van der Waals surface area (Å²) in [6.45, 7) is 1.28. The van der Waals surface area contributed by atoms with Gasteiger partial charge in [0.25, 0.3) is 0 Å². The van der Waals surface area contributed by atoms with Crippen molar-refractivity contribution in [1.29, 1.82) is 0 Å². The van der Waals surface area contributed by atoms with Gasteiger partial charge in [-0.15, -0.1) is 0 Å². The Morgan fingerprint density at radius 3 is 2.83 bits per heavy atom. The van der Waals surface area contributed by atoms with Gasteiger partial charge in [-0.3, -0.25) is 4.79 Å². The lowest BCUT2D eigenvalue weighted by molar-refractivity contribution is -0.121. The number of likely N-dealkylation sites (tertiary alicyclic amines) is 1. The number of hydrogen-bond acceptors (Lipinski definition) is 5. The summed E-state index contributed by atoms with van der Waals surface area (Å²) in [7, 11) is 1.64. The largest absolute Gasteiger partial charge is 0.359 e. The number of rotatable bonds is 3. The van der Waals surface area contributed by atoms with Crippen molar-refractivity contribution in [3.05, 3.63) is 18.2 Å². The minimum atomic E-state index is -0.168. The van der Waals surface area contributed by atoms with E-state index in [1.54, 1.807) is 30.1 Å². The van der Waals surface area contributed by atoms with Crippen LogP contribution in [0.25, 0.3) is 11.0 Å². The maximum absolute atomic E-state index is 12.4. The molecule has 0 radical (unpaired) electrons. The number of hydrogen-bond donors (Lipinski definition) is 2. The SMILES string of the molecule is CNC(=O)CC1CCN(C(=O)Nc2cccc3nonc23)CC1.